The van der Waals surface area contributed by atoms with Gasteiger partial charge >= 0.3 is 6.18 Å². The van der Waals surface area contributed by atoms with Crippen molar-refractivity contribution in [1.29, 1.82) is 0 Å². The number of aliphatic hydroxyl groups is 2. The largest absolute Gasteiger partial charge is 0.416 e. The van der Waals surface area contributed by atoms with Gasteiger partial charge in [0.2, 0.25) is 0 Å². The third kappa shape index (κ3) is 5.63. The van der Waals surface area contributed by atoms with Gasteiger partial charge in [0.25, 0.3) is 11.8 Å². The third-order valence-corrected chi connectivity index (χ3v) is 6.17. The number of halogens is 3. The summed E-state index contributed by atoms with van der Waals surface area (Å²) in [6.45, 7) is 0.517. The van der Waals surface area contributed by atoms with Crippen molar-refractivity contribution in [2.75, 3.05) is 13.1 Å². The fraction of sp³-hybridized carbons (Fsp3) is 0.429. The first-order chi connectivity index (χ1) is 14.7. The molecule has 1 aromatic carbocycles. The Balaban J connectivity index is 1.59. The van der Waals surface area contributed by atoms with Crippen LogP contribution < -0.4 is 5.32 Å². The van der Waals surface area contributed by atoms with Crippen LogP contribution in [0.4, 0.5) is 13.2 Å². The van der Waals surface area contributed by atoms with E-state index in [2.05, 4.69) is 5.32 Å². The van der Waals surface area contributed by atoms with E-state index in [0.29, 0.717) is 24.8 Å². The summed E-state index contributed by atoms with van der Waals surface area (Å²) in [5, 5.41) is 24.8. The quantitative estimate of drug-likeness (QED) is 0.597. The number of benzene rings is 1. The highest BCUT2D eigenvalue weighted by Gasteiger charge is 2.38. The Labute approximate surface area is 181 Å². The summed E-state index contributed by atoms with van der Waals surface area (Å²) in [7, 11) is 0. The third-order valence-electron chi connectivity index (χ3n) is 5.23. The van der Waals surface area contributed by atoms with Crippen LogP contribution in [0.1, 0.15) is 34.9 Å². The Morgan fingerprint density at radius 3 is 2.48 bits per heavy atom. The summed E-state index contributed by atoms with van der Waals surface area (Å²) in [6.07, 6.45) is -6.70. The normalized spacial score (nSPS) is 18.6. The molecule has 0 bridgehead atoms. The van der Waals surface area contributed by atoms with Gasteiger partial charge in [0.1, 0.15) is 0 Å². The van der Waals surface area contributed by atoms with E-state index in [1.54, 1.807) is 0 Å². The number of likely N-dealkylation sites (tertiary alicyclic amines) is 1. The van der Waals surface area contributed by atoms with Gasteiger partial charge in [-0.05, 0) is 48.4 Å². The van der Waals surface area contributed by atoms with Gasteiger partial charge in [-0.25, -0.2) is 0 Å². The molecule has 2 aromatic rings. The molecule has 1 aliphatic heterocycles. The number of rotatable bonds is 7. The highest BCUT2D eigenvalue weighted by atomic mass is 32.1. The maximum atomic E-state index is 12.8. The van der Waals surface area contributed by atoms with Crippen LogP contribution in [0.3, 0.4) is 0 Å². The molecule has 0 spiro atoms. The van der Waals surface area contributed by atoms with Gasteiger partial charge in [0.05, 0.1) is 11.6 Å². The summed E-state index contributed by atoms with van der Waals surface area (Å²) in [5.41, 5.74) is -0.289. The van der Waals surface area contributed by atoms with Crippen LogP contribution in [-0.4, -0.2) is 52.2 Å². The Kier molecular flexibility index (Phi) is 7.34. The number of thiophene rings is 1. The van der Waals surface area contributed by atoms with Gasteiger partial charge < -0.3 is 20.4 Å². The highest BCUT2D eigenvalue weighted by Crippen LogP contribution is 2.35. The molecule has 1 fully saturated rings. The lowest BCUT2D eigenvalue weighted by Gasteiger charge is -2.28. The molecule has 1 aromatic heterocycles. The van der Waals surface area contributed by atoms with Gasteiger partial charge in [-0.15, -0.1) is 11.3 Å². The molecule has 2 amide bonds. The van der Waals surface area contributed by atoms with Crippen molar-refractivity contribution >= 4 is 23.2 Å². The summed E-state index contributed by atoms with van der Waals surface area (Å²) < 4.78 is 38.3. The first-order valence-corrected chi connectivity index (χ1v) is 10.7. The van der Waals surface area contributed by atoms with Gasteiger partial charge in [-0.3, -0.25) is 9.59 Å². The number of carbonyl (C=O) groups excluding carboxylic acids is 2. The number of nitrogens with zero attached hydrogens (tertiary/aromatic N) is 1. The minimum absolute atomic E-state index is 0.245. The molecule has 2 heterocycles. The maximum absolute atomic E-state index is 12.8. The van der Waals surface area contributed by atoms with Gasteiger partial charge in [-0.2, -0.15) is 13.2 Å². The minimum atomic E-state index is -4.46. The van der Waals surface area contributed by atoms with Crippen LogP contribution in [0.2, 0.25) is 0 Å². The fourth-order valence-electron chi connectivity index (χ4n) is 3.59. The van der Waals surface area contributed by atoms with Crippen LogP contribution in [0, 0.1) is 0 Å². The van der Waals surface area contributed by atoms with Crippen LogP contribution in [0.5, 0.6) is 0 Å². The summed E-state index contributed by atoms with van der Waals surface area (Å²) in [6, 6.07) is 7.75. The molecule has 10 heteroatoms. The van der Waals surface area contributed by atoms with Gasteiger partial charge in [0, 0.05) is 18.0 Å². The molecular weight excluding hydrogens is 433 g/mol. The molecule has 31 heavy (non-hydrogen) atoms. The van der Waals surface area contributed by atoms with Crippen molar-refractivity contribution in [2.45, 2.75) is 43.7 Å². The zero-order valence-corrected chi connectivity index (χ0v) is 17.3. The lowest BCUT2D eigenvalue weighted by molar-refractivity contribution is -0.153. The molecule has 0 saturated carbocycles. The number of carbonyl (C=O) groups is 2. The Hall–Kier alpha value is -2.43. The Morgan fingerprint density at radius 2 is 1.87 bits per heavy atom. The molecular formula is C21H23F3N2O4S. The predicted octanol–water partition coefficient (Wildman–Crippen LogP) is 2.51. The second-order valence-corrected chi connectivity index (χ2v) is 8.35. The predicted molar refractivity (Wildman–Crippen MR) is 108 cm³/mol. The Morgan fingerprint density at radius 1 is 1.16 bits per heavy atom. The number of alkyl halides is 3. The van der Waals surface area contributed by atoms with Gasteiger partial charge in [0.15, 0.2) is 12.2 Å². The average Bonchev–Trinajstić information content (AvgIpc) is 3.43. The van der Waals surface area contributed by atoms with Crippen molar-refractivity contribution < 1.29 is 33.0 Å². The molecule has 3 rings (SSSR count). The van der Waals surface area contributed by atoms with Crippen LogP contribution >= 0.6 is 11.3 Å². The molecule has 6 nitrogen and oxygen atoms in total. The number of amides is 2. The molecule has 1 aliphatic rings. The molecule has 3 N–H and O–H groups in total. The number of hydrogen-bond acceptors (Lipinski definition) is 5. The second kappa shape index (κ2) is 9.80. The maximum Gasteiger partial charge on any atom is 0.416 e. The topological polar surface area (TPSA) is 89.9 Å². The van der Waals surface area contributed by atoms with E-state index in [4.69, 9.17) is 0 Å². The van der Waals surface area contributed by atoms with Crippen molar-refractivity contribution in [3.63, 3.8) is 0 Å². The van der Waals surface area contributed by atoms with Crippen molar-refractivity contribution in [1.82, 2.24) is 10.2 Å². The lowest BCUT2D eigenvalue weighted by Crippen LogP contribution is -2.50. The smallest absolute Gasteiger partial charge is 0.380 e. The second-order valence-electron chi connectivity index (χ2n) is 7.32. The van der Waals surface area contributed by atoms with Crippen LogP contribution in [0.25, 0.3) is 0 Å². The highest BCUT2D eigenvalue weighted by molar-refractivity contribution is 7.09. The number of hydrogen-bond donors (Lipinski definition) is 3. The zero-order chi connectivity index (χ0) is 22.6. The van der Waals surface area contributed by atoms with E-state index < -0.39 is 41.8 Å². The summed E-state index contributed by atoms with van der Waals surface area (Å²) >= 11 is 1.52. The molecule has 3 atom stereocenters. The SMILES string of the molecule is O=C(NCCc1cccs1)[C@H](O)[C@@H](O)C(=O)N1CCCC1c1ccc(C(F)(F)F)cc1. The van der Waals surface area contributed by atoms with Crippen molar-refractivity contribution in [3.8, 4) is 0 Å². The first kappa shape index (κ1) is 23.2. The molecule has 1 unspecified atom stereocenters. The molecule has 1 saturated heterocycles. The van der Waals surface area contributed by atoms with E-state index in [9.17, 15) is 33.0 Å². The standard InChI is InChI=1S/C21H23F3N2O4S/c22-21(23,24)14-7-5-13(6-8-14)16-4-1-11-26(16)20(30)18(28)17(27)19(29)25-10-9-15-3-2-12-31-15/h2-3,5-8,12,16-18,27-28H,1,4,9-11H2,(H,25,29)/t16?,17-,18-/m1/s1. The number of aliphatic hydroxyl groups excluding tert-OH is 2. The van der Waals surface area contributed by atoms with Gasteiger partial charge in [-0.1, -0.05) is 18.2 Å². The lowest BCUT2D eigenvalue weighted by atomic mass is 10.0. The fourth-order valence-corrected chi connectivity index (χ4v) is 4.30. The van der Waals surface area contributed by atoms with Crippen molar-refractivity contribution in [3.05, 3.63) is 57.8 Å². The monoisotopic (exact) mass is 456 g/mol. The zero-order valence-electron chi connectivity index (χ0n) is 16.5. The minimum Gasteiger partial charge on any atom is -0.380 e. The van der Waals surface area contributed by atoms with Crippen LogP contribution in [0.15, 0.2) is 41.8 Å². The van der Waals surface area contributed by atoms with Crippen LogP contribution in [-0.2, 0) is 22.2 Å². The molecule has 0 radical (unpaired) electrons. The van der Waals surface area contributed by atoms with E-state index >= 15 is 0 Å². The number of nitrogens with one attached hydrogen (secondary N) is 1. The van der Waals surface area contributed by atoms with E-state index in [-0.39, 0.29) is 13.1 Å². The van der Waals surface area contributed by atoms with E-state index in [0.717, 1.165) is 17.0 Å². The molecule has 0 aliphatic carbocycles. The van der Waals surface area contributed by atoms with E-state index in [1.807, 2.05) is 17.5 Å². The summed E-state index contributed by atoms with van der Waals surface area (Å²) in [4.78, 5) is 27.2. The average molecular weight is 456 g/mol. The summed E-state index contributed by atoms with van der Waals surface area (Å²) in [5.74, 6) is -1.69. The van der Waals surface area contributed by atoms with Crippen molar-refractivity contribution in [2.24, 2.45) is 0 Å². The Bertz CT molecular complexity index is 887. The molecule has 168 valence electrons. The first-order valence-electron chi connectivity index (χ1n) is 9.82. The van der Waals surface area contributed by atoms with E-state index in [1.165, 1.54) is 28.4 Å².